The van der Waals surface area contributed by atoms with Crippen LogP contribution in [0.25, 0.3) is 0 Å². The summed E-state index contributed by atoms with van der Waals surface area (Å²) in [7, 11) is 0. The maximum Gasteiger partial charge on any atom is 0.239 e. The number of nitrogens with zero attached hydrogens (tertiary/aromatic N) is 2. The van der Waals surface area contributed by atoms with Crippen molar-refractivity contribution in [2.75, 3.05) is 25.1 Å². The number of aryl methyl sites for hydroxylation is 1. The van der Waals surface area contributed by atoms with Gasteiger partial charge in [0.15, 0.2) is 0 Å². The van der Waals surface area contributed by atoms with Gasteiger partial charge in [-0.2, -0.15) is 11.8 Å². The van der Waals surface area contributed by atoms with Gasteiger partial charge in [0.25, 0.3) is 0 Å². The van der Waals surface area contributed by atoms with Crippen molar-refractivity contribution in [2.45, 2.75) is 38.1 Å². The van der Waals surface area contributed by atoms with Crippen molar-refractivity contribution in [3.63, 3.8) is 0 Å². The van der Waals surface area contributed by atoms with Gasteiger partial charge < -0.3 is 10.6 Å². The Hall–Kier alpha value is -0.590. The predicted octanol–water partition coefficient (Wildman–Crippen LogP) is 2.24. The van der Waals surface area contributed by atoms with E-state index in [9.17, 15) is 4.79 Å². The minimum absolute atomic E-state index is 0.118. The van der Waals surface area contributed by atoms with E-state index >= 15 is 0 Å². The van der Waals surface area contributed by atoms with Crippen LogP contribution in [-0.2, 0) is 4.79 Å². The summed E-state index contributed by atoms with van der Waals surface area (Å²) in [5.41, 5.74) is 7.07. The topological polar surface area (TPSA) is 59.2 Å². The molecule has 1 atom stereocenters. The van der Waals surface area contributed by atoms with E-state index in [4.69, 9.17) is 5.73 Å². The third-order valence-corrected chi connectivity index (χ3v) is 5.51. The van der Waals surface area contributed by atoms with Gasteiger partial charge in [0.2, 0.25) is 5.91 Å². The van der Waals surface area contributed by atoms with Gasteiger partial charge in [0.05, 0.1) is 11.0 Å². The van der Waals surface area contributed by atoms with Crippen molar-refractivity contribution in [3.05, 3.63) is 16.1 Å². The number of thioether (sulfide) groups is 1. The van der Waals surface area contributed by atoms with E-state index in [1.54, 1.807) is 23.1 Å². The quantitative estimate of drug-likeness (QED) is 0.905. The van der Waals surface area contributed by atoms with E-state index < -0.39 is 0 Å². The van der Waals surface area contributed by atoms with Crippen LogP contribution in [0.15, 0.2) is 5.38 Å². The van der Waals surface area contributed by atoms with Gasteiger partial charge in [0.1, 0.15) is 0 Å². The number of piperidine rings is 1. The Balaban J connectivity index is 1.83. The first-order chi connectivity index (χ1) is 9.61. The van der Waals surface area contributed by atoms with Crippen molar-refractivity contribution >= 4 is 29.0 Å². The summed E-state index contributed by atoms with van der Waals surface area (Å²) in [6.45, 7) is 3.66. The third-order valence-electron chi connectivity index (χ3n) is 3.74. The first-order valence-corrected chi connectivity index (χ1v) is 9.34. The number of hydrogen-bond acceptors (Lipinski definition) is 5. The molecule has 1 aromatic heterocycles. The molecule has 0 spiro atoms. The lowest BCUT2D eigenvalue weighted by molar-refractivity contribution is -0.133. The second-order valence-corrected chi connectivity index (χ2v) is 7.19. The Morgan fingerprint density at radius 1 is 1.60 bits per heavy atom. The number of thiazole rings is 1. The molecule has 20 heavy (non-hydrogen) atoms. The van der Waals surface area contributed by atoms with Crippen LogP contribution in [0.1, 0.15) is 35.9 Å². The molecular formula is C14H23N3OS2. The molecule has 2 N–H and O–H groups in total. The number of carbonyl (C=O) groups is 1. The van der Waals surface area contributed by atoms with E-state index in [0.717, 1.165) is 43.8 Å². The lowest BCUT2D eigenvalue weighted by atomic mass is 9.97. The van der Waals surface area contributed by atoms with Gasteiger partial charge in [-0.1, -0.05) is 0 Å². The zero-order valence-electron chi connectivity index (χ0n) is 12.2. The summed E-state index contributed by atoms with van der Waals surface area (Å²) in [6, 6.07) is -0.332. The number of carbonyl (C=O) groups excluding carboxylic acids is 1. The highest BCUT2D eigenvalue weighted by Gasteiger charge is 2.27. The molecule has 112 valence electrons. The highest BCUT2D eigenvalue weighted by molar-refractivity contribution is 7.98. The fraction of sp³-hybridized carbons (Fsp3) is 0.714. The van der Waals surface area contributed by atoms with Crippen molar-refractivity contribution in [3.8, 4) is 0 Å². The molecule has 1 amide bonds. The van der Waals surface area contributed by atoms with Crippen LogP contribution in [-0.4, -0.2) is 46.9 Å². The molecule has 0 saturated carbocycles. The zero-order valence-corrected chi connectivity index (χ0v) is 13.8. The van der Waals surface area contributed by atoms with Crippen LogP contribution in [0.2, 0.25) is 0 Å². The zero-order chi connectivity index (χ0) is 14.5. The van der Waals surface area contributed by atoms with E-state index in [-0.39, 0.29) is 11.9 Å². The minimum Gasteiger partial charge on any atom is -0.341 e. The van der Waals surface area contributed by atoms with E-state index in [1.807, 2.05) is 18.1 Å². The van der Waals surface area contributed by atoms with Gasteiger partial charge in [0, 0.05) is 30.1 Å². The molecule has 0 bridgehead atoms. The smallest absolute Gasteiger partial charge is 0.239 e. The van der Waals surface area contributed by atoms with E-state index in [2.05, 4.69) is 10.4 Å². The summed E-state index contributed by atoms with van der Waals surface area (Å²) in [4.78, 5) is 18.7. The van der Waals surface area contributed by atoms with Gasteiger partial charge in [-0.15, -0.1) is 11.3 Å². The lowest BCUT2D eigenvalue weighted by Gasteiger charge is -2.32. The van der Waals surface area contributed by atoms with E-state index in [1.165, 1.54) is 5.01 Å². The lowest BCUT2D eigenvalue weighted by Crippen LogP contribution is -2.47. The molecule has 2 rings (SSSR count). The average molecular weight is 313 g/mol. The van der Waals surface area contributed by atoms with Crippen LogP contribution >= 0.6 is 23.1 Å². The molecule has 2 heterocycles. The Labute approximate surface area is 129 Å². The molecule has 1 aliphatic rings. The molecule has 1 saturated heterocycles. The van der Waals surface area contributed by atoms with Gasteiger partial charge >= 0.3 is 0 Å². The summed E-state index contributed by atoms with van der Waals surface area (Å²) in [5.74, 6) is 1.58. The number of nitrogens with two attached hydrogens (primary N) is 1. The van der Waals surface area contributed by atoms with Crippen molar-refractivity contribution < 1.29 is 4.79 Å². The number of aromatic nitrogens is 1. The summed E-state index contributed by atoms with van der Waals surface area (Å²) < 4.78 is 0. The van der Waals surface area contributed by atoms with Crippen LogP contribution in [0, 0.1) is 6.92 Å². The first-order valence-electron chi connectivity index (χ1n) is 7.07. The molecule has 1 aromatic rings. The fourth-order valence-electron chi connectivity index (χ4n) is 2.51. The Bertz CT molecular complexity index is 441. The number of amides is 1. The molecule has 4 nitrogen and oxygen atoms in total. The molecule has 0 aliphatic carbocycles. The number of rotatable bonds is 5. The fourth-order valence-corrected chi connectivity index (χ4v) is 3.97. The predicted molar refractivity (Wildman–Crippen MR) is 86.4 cm³/mol. The molecule has 0 aromatic carbocycles. The Kier molecular flexibility index (Phi) is 5.86. The summed E-state index contributed by atoms with van der Waals surface area (Å²) in [6.07, 6.45) is 4.83. The van der Waals surface area contributed by atoms with Crippen LogP contribution in [0.4, 0.5) is 0 Å². The van der Waals surface area contributed by atoms with Crippen molar-refractivity contribution in [1.29, 1.82) is 0 Å². The minimum atomic E-state index is -0.332. The number of hydrogen-bond donors (Lipinski definition) is 1. The van der Waals surface area contributed by atoms with Crippen LogP contribution in [0.5, 0.6) is 0 Å². The monoisotopic (exact) mass is 313 g/mol. The van der Waals surface area contributed by atoms with Gasteiger partial charge in [-0.25, -0.2) is 4.98 Å². The van der Waals surface area contributed by atoms with Crippen LogP contribution < -0.4 is 5.73 Å². The molecule has 1 fully saturated rings. The molecule has 1 aliphatic heterocycles. The molecular weight excluding hydrogens is 290 g/mol. The van der Waals surface area contributed by atoms with Gasteiger partial charge in [-0.3, -0.25) is 4.79 Å². The van der Waals surface area contributed by atoms with E-state index in [0.29, 0.717) is 5.92 Å². The second kappa shape index (κ2) is 7.43. The highest BCUT2D eigenvalue weighted by atomic mass is 32.2. The summed E-state index contributed by atoms with van der Waals surface area (Å²) in [5, 5.41) is 3.33. The Morgan fingerprint density at radius 3 is 2.85 bits per heavy atom. The molecule has 0 radical (unpaired) electrons. The standard InChI is InChI=1S/C14H23N3OS2/c1-10-9-20-13(16-10)11-3-6-17(7-4-11)14(18)12(15)5-8-19-2/h9,11-12H,3-8,15H2,1-2H3/t12-/m0/s1. The normalized spacial score (nSPS) is 18.2. The van der Waals surface area contributed by atoms with Crippen molar-refractivity contribution in [2.24, 2.45) is 5.73 Å². The van der Waals surface area contributed by atoms with Crippen LogP contribution in [0.3, 0.4) is 0 Å². The SMILES string of the molecule is CSCC[C@H](N)C(=O)N1CCC(c2nc(C)cs2)CC1. The third kappa shape index (κ3) is 3.96. The molecule has 0 unspecified atom stereocenters. The average Bonchev–Trinajstić information content (AvgIpc) is 2.90. The maximum absolute atomic E-state index is 12.2. The van der Waals surface area contributed by atoms with Crippen molar-refractivity contribution in [1.82, 2.24) is 9.88 Å². The number of likely N-dealkylation sites (tertiary alicyclic amines) is 1. The summed E-state index contributed by atoms with van der Waals surface area (Å²) >= 11 is 3.48. The highest BCUT2D eigenvalue weighted by Crippen LogP contribution is 2.30. The Morgan fingerprint density at radius 2 is 2.30 bits per heavy atom. The first kappa shape index (κ1) is 15.8. The van der Waals surface area contributed by atoms with Gasteiger partial charge in [-0.05, 0) is 38.2 Å². The largest absolute Gasteiger partial charge is 0.341 e. The molecule has 6 heteroatoms. The second-order valence-electron chi connectivity index (χ2n) is 5.31. The maximum atomic E-state index is 12.2.